The van der Waals surface area contributed by atoms with Crippen molar-refractivity contribution in [2.75, 3.05) is 39.6 Å². The molecule has 0 aromatic carbocycles. The normalized spacial score (nSPS) is 15.8. The average molecular weight is 723 g/mol. The van der Waals surface area contributed by atoms with Gasteiger partial charge in [0.2, 0.25) is 0 Å². The molecule has 17 nitrogen and oxygen atoms in total. The van der Waals surface area contributed by atoms with Crippen LogP contribution in [0.3, 0.4) is 0 Å². The molecule has 276 valence electrons. The quantitative estimate of drug-likeness (QED) is 0.0429. The molecule has 0 fully saturated rings. The van der Waals surface area contributed by atoms with Gasteiger partial charge in [-0.2, -0.15) is 0 Å². The summed E-state index contributed by atoms with van der Waals surface area (Å²) in [6, 6.07) is 0. The summed E-state index contributed by atoms with van der Waals surface area (Å²) in [4.78, 5) is 67.4. The number of esters is 4. The molecule has 0 aliphatic rings. The van der Waals surface area contributed by atoms with Crippen LogP contribution in [0.4, 0.5) is 0 Å². The fourth-order valence-electron chi connectivity index (χ4n) is 3.26. The summed E-state index contributed by atoms with van der Waals surface area (Å²) < 4.78 is 64.0. The van der Waals surface area contributed by atoms with Gasteiger partial charge in [0.15, 0.2) is 12.2 Å². The largest absolute Gasteiger partial charge is 0.472 e. The van der Waals surface area contributed by atoms with Gasteiger partial charge in [-0.15, -0.1) is 0 Å². The average Bonchev–Trinajstić information content (AvgIpc) is 3.03. The topological polar surface area (TPSA) is 237 Å². The summed E-state index contributed by atoms with van der Waals surface area (Å²) >= 11 is 0. The number of carbonyl (C=O) groups is 4. The highest BCUT2D eigenvalue weighted by molar-refractivity contribution is 7.47. The third kappa shape index (κ3) is 25.7. The molecule has 0 aliphatic carbocycles. The number of aliphatic hydroxyl groups is 1. The standard InChI is InChI=1S/C28H52O17P2/c1-5-9-12-15-27(32)39-19-24(45-28(33)14-11-7-3)21-43-47(36,37)41-17-22(29)16-40-46(34,35)42-20-23(44-25(30)8-4)18-38-26(31)13-10-6-2/h22-24,29H,5-21H2,1-4H3,(H,34,35)(H,36,37)/t22-,23-,24-/m1/s1. The Hall–Kier alpha value is -1.94. The van der Waals surface area contributed by atoms with Crippen molar-refractivity contribution in [3.63, 3.8) is 0 Å². The zero-order valence-electron chi connectivity index (χ0n) is 27.7. The van der Waals surface area contributed by atoms with Crippen molar-refractivity contribution in [3.8, 4) is 0 Å². The number of ether oxygens (including phenoxy) is 4. The maximum atomic E-state index is 12.4. The van der Waals surface area contributed by atoms with E-state index in [0.29, 0.717) is 19.3 Å². The van der Waals surface area contributed by atoms with Crippen LogP contribution < -0.4 is 0 Å². The fraction of sp³-hybridized carbons (Fsp3) is 0.857. The lowest BCUT2D eigenvalue weighted by Gasteiger charge is -2.21. The van der Waals surface area contributed by atoms with Crippen LogP contribution in [0.5, 0.6) is 0 Å². The zero-order valence-corrected chi connectivity index (χ0v) is 29.5. The number of phosphoric ester groups is 2. The van der Waals surface area contributed by atoms with Crippen molar-refractivity contribution in [2.24, 2.45) is 0 Å². The van der Waals surface area contributed by atoms with E-state index >= 15 is 0 Å². The Balaban J connectivity index is 4.87. The predicted molar refractivity (Wildman–Crippen MR) is 165 cm³/mol. The van der Waals surface area contributed by atoms with E-state index in [1.165, 1.54) is 6.92 Å². The van der Waals surface area contributed by atoms with E-state index in [-0.39, 0.29) is 25.7 Å². The summed E-state index contributed by atoms with van der Waals surface area (Å²) in [6.07, 6.45) is 1.13. The summed E-state index contributed by atoms with van der Waals surface area (Å²) in [5.74, 6) is -2.38. The Morgan fingerprint density at radius 1 is 0.532 bits per heavy atom. The summed E-state index contributed by atoms with van der Waals surface area (Å²) in [5, 5.41) is 10.1. The van der Waals surface area contributed by atoms with Gasteiger partial charge in [-0.25, -0.2) is 9.13 Å². The Labute approximate surface area is 276 Å². The molecular weight excluding hydrogens is 670 g/mol. The second-order valence-electron chi connectivity index (χ2n) is 10.4. The monoisotopic (exact) mass is 722 g/mol. The van der Waals surface area contributed by atoms with Crippen molar-refractivity contribution < 1.29 is 80.2 Å². The number of carbonyl (C=O) groups excluding carboxylic acids is 4. The summed E-state index contributed by atoms with van der Waals surface area (Å²) in [5.41, 5.74) is 0. The van der Waals surface area contributed by atoms with E-state index in [4.69, 9.17) is 32.5 Å². The van der Waals surface area contributed by atoms with Gasteiger partial charge in [0.1, 0.15) is 19.3 Å². The first-order valence-electron chi connectivity index (χ1n) is 15.8. The molecule has 0 aromatic heterocycles. The van der Waals surface area contributed by atoms with E-state index in [1.807, 2.05) is 20.8 Å². The third-order valence-electron chi connectivity index (χ3n) is 5.91. The molecule has 0 saturated carbocycles. The minimum Gasteiger partial charge on any atom is -0.462 e. The van der Waals surface area contributed by atoms with E-state index < -0.39 is 97.5 Å². The van der Waals surface area contributed by atoms with Crippen LogP contribution in [0, 0.1) is 0 Å². The SMILES string of the molecule is CCCCCC(=O)OC[C@H](COP(=O)(O)OC[C@H](O)COP(=O)(O)OC[C@@H](COC(=O)CCCC)OC(=O)CC)OC(=O)CCCC. The van der Waals surface area contributed by atoms with Crippen LogP contribution in [0.1, 0.15) is 98.3 Å². The van der Waals surface area contributed by atoms with Gasteiger partial charge < -0.3 is 33.8 Å². The van der Waals surface area contributed by atoms with Gasteiger partial charge in [0, 0.05) is 25.7 Å². The molecule has 47 heavy (non-hydrogen) atoms. The second kappa shape index (κ2) is 26.0. The van der Waals surface area contributed by atoms with E-state index in [2.05, 4.69) is 4.52 Å². The van der Waals surface area contributed by atoms with Gasteiger partial charge in [-0.1, -0.05) is 53.4 Å². The molecule has 0 aromatic rings. The van der Waals surface area contributed by atoms with Crippen LogP contribution in [-0.4, -0.2) is 96.7 Å². The first-order chi connectivity index (χ1) is 22.2. The van der Waals surface area contributed by atoms with Crippen molar-refractivity contribution in [1.82, 2.24) is 0 Å². The predicted octanol–water partition coefficient (Wildman–Crippen LogP) is 3.90. The van der Waals surface area contributed by atoms with Crippen LogP contribution in [0.25, 0.3) is 0 Å². The molecule has 3 N–H and O–H groups in total. The fourth-order valence-corrected chi connectivity index (χ4v) is 4.84. The second-order valence-corrected chi connectivity index (χ2v) is 13.3. The highest BCUT2D eigenvalue weighted by atomic mass is 31.2. The summed E-state index contributed by atoms with van der Waals surface area (Å²) in [7, 11) is -9.72. The highest BCUT2D eigenvalue weighted by Gasteiger charge is 2.30. The van der Waals surface area contributed by atoms with Crippen molar-refractivity contribution in [1.29, 1.82) is 0 Å². The first kappa shape index (κ1) is 45.1. The molecule has 0 spiro atoms. The maximum Gasteiger partial charge on any atom is 0.472 e. The van der Waals surface area contributed by atoms with Crippen LogP contribution in [0.2, 0.25) is 0 Å². The van der Waals surface area contributed by atoms with Gasteiger partial charge in [0.05, 0.1) is 26.4 Å². The molecule has 0 rings (SSSR count). The summed E-state index contributed by atoms with van der Waals surface area (Å²) in [6.45, 7) is 3.22. The zero-order chi connectivity index (χ0) is 35.7. The number of hydrogen-bond acceptors (Lipinski definition) is 15. The maximum absolute atomic E-state index is 12.4. The van der Waals surface area contributed by atoms with Gasteiger partial charge in [-0.3, -0.25) is 37.3 Å². The molecule has 5 atom stereocenters. The number of rotatable bonds is 29. The molecule has 0 amide bonds. The lowest BCUT2D eigenvalue weighted by Crippen LogP contribution is -2.30. The molecule has 0 radical (unpaired) electrons. The van der Waals surface area contributed by atoms with E-state index in [0.717, 1.165) is 25.7 Å². The molecular formula is C28H52O17P2. The smallest absolute Gasteiger partial charge is 0.462 e. The Morgan fingerprint density at radius 2 is 0.915 bits per heavy atom. The lowest BCUT2D eigenvalue weighted by molar-refractivity contribution is -0.161. The number of unbranched alkanes of at least 4 members (excludes halogenated alkanes) is 4. The number of phosphoric acid groups is 2. The highest BCUT2D eigenvalue weighted by Crippen LogP contribution is 2.45. The lowest BCUT2D eigenvalue weighted by atomic mass is 10.2. The molecule has 0 heterocycles. The Morgan fingerprint density at radius 3 is 1.34 bits per heavy atom. The number of hydrogen-bond donors (Lipinski definition) is 3. The van der Waals surface area contributed by atoms with Gasteiger partial charge >= 0.3 is 39.5 Å². The minimum atomic E-state index is -4.86. The van der Waals surface area contributed by atoms with Gasteiger partial charge in [0.25, 0.3) is 0 Å². The van der Waals surface area contributed by atoms with Crippen molar-refractivity contribution >= 4 is 39.5 Å². The molecule has 19 heteroatoms. The Bertz CT molecular complexity index is 1010. The van der Waals surface area contributed by atoms with E-state index in [1.54, 1.807) is 0 Å². The first-order valence-corrected chi connectivity index (χ1v) is 18.8. The molecule has 0 saturated heterocycles. The van der Waals surface area contributed by atoms with Crippen molar-refractivity contribution in [3.05, 3.63) is 0 Å². The van der Waals surface area contributed by atoms with E-state index in [9.17, 15) is 43.2 Å². The van der Waals surface area contributed by atoms with Gasteiger partial charge in [-0.05, 0) is 19.3 Å². The third-order valence-corrected chi connectivity index (χ3v) is 7.81. The van der Waals surface area contributed by atoms with Crippen LogP contribution in [0.15, 0.2) is 0 Å². The Kier molecular flexibility index (Phi) is 24.9. The molecule has 2 unspecified atom stereocenters. The minimum absolute atomic E-state index is 0.0183. The van der Waals surface area contributed by atoms with Crippen LogP contribution in [-0.2, 0) is 65.4 Å². The molecule has 0 bridgehead atoms. The molecule has 0 aliphatic heterocycles. The van der Waals surface area contributed by atoms with Crippen molar-refractivity contribution in [2.45, 2.75) is 117 Å². The number of aliphatic hydroxyl groups excluding tert-OH is 1. The van der Waals surface area contributed by atoms with Crippen LogP contribution >= 0.6 is 15.6 Å².